The van der Waals surface area contributed by atoms with E-state index >= 15 is 0 Å². The standard InChI is InChI=1S/C18H18F3N3O/c19-18(20,21)16(14-4-2-1-3-5-14)23-10-12-24(13-11-23)17(25)15-6-8-22-9-7-15/h1-9,16H,10-13H2/t16-/m0/s1. The predicted octanol–water partition coefficient (Wildman–Crippen LogP) is 3.14. The molecule has 132 valence electrons. The van der Waals surface area contributed by atoms with E-state index in [0.29, 0.717) is 5.56 Å². The molecule has 1 aliphatic heterocycles. The lowest BCUT2D eigenvalue weighted by Crippen LogP contribution is -2.52. The largest absolute Gasteiger partial charge is 0.408 e. The highest BCUT2D eigenvalue weighted by Crippen LogP contribution is 2.38. The Hall–Kier alpha value is -2.41. The first-order chi connectivity index (χ1) is 12.0. The van der Waals surface area contributed by atoms with Gasteiger partial charge in [0.2, 0.25) is 0 Å². The summed E-state index contributed by atoms with van der Waals surface area (Å²) in [5.41, 5.74) is 0.725. The van der Waals surface area contributed by atoms with Crippen molar-refractivity contribution in [2.45, 2.75) is 12.2 Å². The molecule has 2 aromatic rings. The molecule has 7 heteroatoms. The van der Waals surface area contributed by atoms with Crippen LogP contribution in [0.4, 0.5) is 13.2 Å². The van der Waals surface area contributed by atoms with E-state index in [4.69, 9.17) is 0 Å². The van der Waals surface area contributed by atoms with Crippen molar-refractivity contribution in [3.8, 4) is 0 Å². The first-order valence-electron chi connectivity index (χ1n) is 8.02. The van der Waals surface area contributed by atoms with Crippen LogP contribution in [0, 0.1) is 0 Å². The van der Waals surface area contributed by atoms with Crippen molar-refractivity contribution in [2.24, 2.45) is 0 Å². The number of nitrogens with zero attached hydrogens (tertiary/aromatic N) is 3. The van der Waals surface area contributed by atoms with Crippen LogP contribution in [0.3, 0.4) is 0 Å². The molecule has 0 radical (unpaired) electrons. The molecule has 1 aromatic carbocycles. The van der Waals surface area contributed by atoms with E-state index in [1.807, 2.05) is 0 Å². The zero-order chi connectivity index (χ0) is 17.9. The van der Waals surface area contributed by atoms with E-state index in [1.165, 1.54) is 29.4 Å². The maximum Gasteiger partial charge on any atom is 0.408 e. The minimum Gasteiger partial charge on any atom is -0.336 e. The molecular weight excluding hydrogens is 331 g/mol. The third kappa shape index (κ3) is 3.99. The normalized spacial score (nSPS) is 17.3. The number of halogens is 3. The van der Waals surface area contributed by atoms with Crippen molar-refractivity contribution in [1.82, 2.24) is 14.8 Å². The Labute approximate surface area is 143 Å². The topological polar surface area (TPSA) is 36.4 Å². The van der Waals surface area contributed by atoms with Crippen LogP contribution in [-0.4, -0.2) is 53.0 Å². The van der Waals surface area contributed by atoms with Gasteiger partial charge in [-0.3, -0.25) is 14.7 Å². The zero-order valence-electron chi connectivity index (χ0n) is 13.5. The Morgan fingerprint density at radius 2 is 1.56 bits per heavy atom. The maximum absolute atomic E-state index is 13.6. The van der Waals surface area contributed by atoms with Crippen molar-refractivity contribution in [2.75, 3.05) is 26.2 Å². The molecule has 1 fully saturated rings. The van der Waals surface area contributed by atoms with E-state index < -0.39 is 12.2 Å². The number of amides is 1. The summed E-state index contributed by atoms with van der Waals surface area (Å²) in [6.45, 7) is 0.882. The molecule has 0 N–H and O–H groups in total. The lowest BCUT2D eigenvalue weighted by atomic mass is 10.0. The Bertz CT molecular complexity index is 699. The van der Waals surface area contributed by atoms with Gasteiger partial charge >= 0.3 is 6.18 Å². The molecule has 4 nitrogen and oxygen atoms in total. The van der Waals surface area contributed by atoms with Gasteiger partial charge in [0.25, 0.3) is 5.91 Å². The summed E-state index contributed by atoms with van der Waals surface area (Å²) in [6, 6.07) is 9.47. The molecule has 1 aromatic heterocycles. The first kappa shape index (κ1) is 17.4. The summed E-state index contributed by atoms with van der Waals surface area (Å²) < 4.78 is 40.7. The van der Waals surface area contributed by atoms with E-state index in [-0.39, 0.29) is 37.6 Å². The number of pyridine rings is 1. The van der Waals surface area contributed by atoms with Gasteiger partial charge in [0.05, 0.1) is 0 Å². The van der Waals surface area contributed by atoms with Crippen molar-refractivity contribution in [3.63, 3.8) is 0 Å². The quantitative estimate of drug-likeness (QED) is 0.854. The van der Waals surface area contributed by atoms with Gasteiger partial charge in [-0.25, -0.2) is 0 Å². The second kappa shape index (κ2) is 7.23. The van der Waals surface area contributed by atoms with Gasteiger partial charge in [0.15, 0.2) is 0 Å². The number of rotatable bonds is 3. The first-order valence-corrected chi connectivity index (χ1v) is 8.02. The summed E-state index contributed by atoms with van der Waals surface area (Å²) in [7, 11) is 0. The molecule has 1 atom stereocenters. The van der Waals surface area contributed by atoms with Crippen molar-refractivity contribution in [1.29, 1.82) is 0 Å². The minimum atomic E-state index is -4.36. The fourth-order valence-corrected chi connectivity index (χ4v) is 3.10. The van der Waals surface area contributed by atoms with E-state index in [2.05, 4.69) is 4.98 Å². The fourth-order valence-electron chi connectivity index (χ4n) is 3.10. The second-order valence-electron chi connectivity index (χ2n) is 5.92. The number of carbonyl (C=O) groups is 1. The average molecular weight is 349 g/mol. The van der Waals surface area contributed by atoms with Gasteiger partial charge in [-0.2, -0.15) is 13.2 Å². The highest BCUT2D eigenvalue weighted by Gasteiger charge is 2.45. The highest BCUT2D eigenvalue weighted by atomic mass is 19.4. The highest BCUT2D eigenvalue weighted by molar-refractivity contribution is 5.94. The zero-order valence-corrected chi connectivity index (χ0v) is 13.5. The van der Waals surface area contributed by atoms with Gasteiger partial charge in [-0.1, -0.05) is 30.3 Å². The Balaban J connectivity index is 1.71. The van der Waals surface area contributed by atoms with Crippen LogP contribution in [0.25, 0.3) is 0 Å². The van der Waals surface area contributed by atoms with Crippen LogP contribution < -0.4 is 0 Å². The molecule has 1 aliphatic rings. The van der Waals surface area contributed by atoms with Crippen molar-refractivity contribution in [3.05, 3.63) is 66.0 Å². The molecule has 1 saturated heterocycles. The van der Waals surface area contributed by atoms with Crippen LogP contribution in [0.5, 0.6) is 0 Å². The molecule has 0 saturated carbocycles. The molecule has 0 unspecified atom stereocenters. The number of alkyl halides is 3. The average Bonchev–Trinajstić information content (AvgIpc) is 2.62. The summed E-state index contributed by atoms with van der Waals surface area (Å²) in [6.07, 6.45) is -1.31. The van der Waals surface area contributed by atoms with Crippen LogP contribution in [0.15, 0.2) is 54.9 Å². The molecule has 2 heterocycles. The molecule has 0 spiro atoms. The Kier molecular flexibility index (Phi) is 5.03. The van der Waals surface area contributed by atoms with Crippen LogP contribution in [-0.2, 0) is 0 Å². The van der Waals surface area contributed by atoms with Crippen molar-refractivity contribution >= 4 is 5.91 Å². The van der Waals surface area contributed by atoms with Gasteiger partial charge in [0.1, 0.15) is 6.04 Å². The number of hydrogen-bond donors (Lipinski definition) is 0. The maximum atomic E-state index is 13.6. The lowest BCUT2D eigenvalue weighted by molar-refractivity contribution is -0.189. The van der Waals surface area contributed by atoms with E-state index in [9.17, 15) is 18.0 Å². The van der Waals surface area contributed by atoms with Gasteiger partial charge < -0.3 is 4.90 Å². The number of carbonyl (C=O) groups excluding carboxylic acids is 1. The minimum absolute atomic E-state index is 0.176. The monoisotopic (exact) mass is 349 g/mol. The smallest absolute Gasteiger partial charge is 0.336 e. The summed E-state index contributed by atoms with van der Waals surface area (Å²) in [4.78, 5) is 19.2. The van der Waals surface area contributed by atoms with Gasteiger partial charge in [-0.15, -0.1) is 0 Å². The molecule has 0 aliphatic carbocycles. The number of aromatic nitrogens is 1. The SMILES string of the molecule is O=C(c1ccncc1)N1CCN([C@@H](c2ccccc2)C(F)(F)F)CC1. The predicted molar refractivity (Wildman–Crippen MR) is 87.0 cm³/mol. The Morgan fingerprint density at radius 1 is 0.960 bits per heavy atom. The third-order valence-corrected chi connectivity index (χ3v) is 4.32. The summed E-state index contributed by atoms with van der Waals surface area (Å²) in [5.74, 6) is -0.176. The van der Waals surface area contributed by atoms with Gasteiger partial charge in [0, 0.05) is 44.1 Å². The molecule has 0 bridgehead atoms. The van der Waals surface area contributed by atoms with Crippen molar-refractivity contribution < 1.29 is 18.0 Å². The number of piperazine rings is 1. The molecule has 3 rings (SSSR count). The summed E-state index contributed by atoms with van der Waals surface area (Å²) >= 11 is 0. The number of benzene rings is 1. The lowest BCUT2D eigenvalue weighted by Gasteiger charge is -2.40. The Morgan fingerprint density at radius 3 is 2.12 bits per heavy atom. The van der Waals surface area contributed by atoms with Crippen LogP contribution in [0.1, 0.15) is 22.0 Å². The summed E-state index contributed by atoms with van der Waals surface area (Å²) in [5, 5.41) is 0. The fraction of sp³-hybridized carbons (Fsp3) is 0.333. The number of hydrogen-bond acceptors (Lipinski definition) is 3. The second-order valence-corrected chi connectivity index (χ2v) is 5.92. The molecule has 1 amide bonds. The van der Waals surface area contributed by atoms with Crippen LogP contribution >= 0.6 is 0 Å². The van der Waals surface area contributed by atoms with E-state index in [1.54, 1.807) is 35.2 Å². The molecular formula is C18H18F3N3O. The van der Waals surface area contributed by atoms with E-state index in [0.717, 1.165) is 0 Å². The van der Waals surface area contributed by atoms with Gasteiger partial charge in [-0.05, 0) is 17.7 Å². The third-order valence-electron chi connectivity index (χ3n) is 4.32. The molecule has 25 heavy (non-hydrogen) atoms. The van der Waals surface area contributed by atoms with Crippen LogP contribution in [0.2, 0.25) is 0 Å².